The van der Waals surface area contributed by atoms with E-state index in [1.54, 1.807) is 0 Å². The van der Waals surface area contributed by atoms with E-state index in [9.17, 15) is 4.79 Å². The standard InChI is InChI=1S/C12H14BrN5OS/c1-7(8-2-4-9(13)5-3-8)15-10(19)6-20-12-16-11(14)17-18-12/h2-5,7H,6H2,1H3,(H,15,19)(H3,14,16,17,18)/t7-/m1/s1. The number of aromatic amines is 1. The van der Waals surface area contributed by atoms with Gasteiger partial charge < -0.3 is 11.1 Å². The maximum absolute atomic E-state index is 11.8. The number of carbonyl (C=O) groups excluding carboxylic acids is 1. The summed E-state index contributed by atoms with van der Waals surface area (Å²) in [4.78, 5) is 15.8. The number of carbonyl (C=O) groups is 1. The SMILES string of the molecule is C[C@@H](NC(=O)CSc1n[nH]c(N)n1)c1ccc(Br)cc1. The van der Waals surface area contributed by atoms with Gasteiger partial charge in [0.2, 0.25) is 17.0 Å². The van der Waals surface area contributed by atoms with E-state index in [1.807, 2.05) is 31.2 Å². The molecule has 1 heterocycles. The number of H-pyrrole nitrogens is 1. The van der Waals surface area contributed by atoms with Gasteiger partial charge in [-0.3, -0.25) is 4.79 Å². The van der Waals surface area contributed by atoms with Crippen molar-refractivity contribution >= 4 is 39.5 Å². The minimum Gasteiger partial charge on any atom is -0.368 e. The van der Waals surface area contributed by atoms with Crippen molar-refractivity contribution in [1.82, 2.24) is 20.5 Å². The van der Waals surface area contributed by atoms with Gasteiger partial charge in [0, 0.05) is 4.47 Å². The first-order valence-electron chi connectivity index (χ1n) is 5.90. The van der Waals surface area contributed by atoms with Gasteiger partial charge in [0.25, 0.3) is 0 Å². The molecule has 8 heteroatoms. The fourth-order valence-electron chi connectivity index (χ4n) is 1.57. The maximum Gasteiger partial charge on any atom is 0.230 e. The summed E-state index contributed by atoms with van der Waals surface area (Å²) in [6.07, 6.45) is 0. The van der Waals surface area contributed by atoms with Crippen molar-refractivity contribution in [2.45, 2.75) is 18.1 Å². The number of aromatic nitrogens is 3. The quantitative estimate of drug-likeness (QED) is 0.713. The van der Waals surface area contributed by atoms with Crippen LogP contribution in [0.15, 0.2) is 33.9 Å². The lowest BCUT2D eigenvalue weighted by Gasteiger charge is -2.14. The van der Waals surface area contributed by atoms with Crippen molar-refractivity contribution in [1.29, 1.82) is 0 Å². The van der Waals surface area contributed by atoms with Crippen molar-refractivity contribution in [2.75, 3.05) is 11.5 Å². The number of halogens is 1. The molecule has 2 rings (SSSR count). The lowest BCUT2D eigenvalue weighted by Crippen LogP contribution is -2.28. The minimum absolute atomic E-state index is 0.0478. The van der Waals surface area contributed by atoms with E-state index in [0.717, 1.165) is 10.0 Å². The van der Waals surface area contributed by atoms with Gasteiger partial charge in [0.1, 0.15) is 0 Å². The number of amides is 1. The van der Waals surface area contributed by atoms with Crippen molar-refractivity contribution in [3.8, 4) is 0 Å². The Hall–Kier alpha value is -1.54. The first-order valence-corrected chi connectivity index (χ1v) is 7.68. The third-order valence-corrected chi connectivity index (χ3v) is 3.94. The Morgan fingerprint density at radius 1 is 1.50 bits per heavy atom. The van der Waals surface area contributed by atoms with E-state index in [1.165, 1.54) is 11.8 Å². The molecule has 4 N–H and O–H groups in total. The number of nitrogen functional groups attached to an aromatic ring is 1. The number of rotatable bonds is 5. The molecule has 1 aromatic carbocycles. The summed E-state index contributed by atoms with van der Waals surface area (Å²) in [5.74, 6) is 0.419. The Labute approximate surface area is 129 Å². The zero-order chi connectivity index (χ0) is 14.5. The fraction of sp³-hybridized carbons (Fsp3) is 0.250. The van der Waals surface area contributed by atoms with Crippen molar-refractivity contribution < 1.29 is 4.79 Å². The molecule has 0 aliphatic heterocycles. The summed E-state index contributed by atoms with van der Waals surface area (Å²) in [6.45, 7) is 1.94. The molecule has 1 aromatic heterocycles. The van der Waals surface area contributed by atoms with Crippen LogP contribution in [-0.4, -0.2) is 26.8 Å². The summed E-state index contributed by atoms with van der Waals surface area (Å²) in [5, 5.41) is 9.76. The predicted octanol–water partition coefficient (Wildman–Crippen LogP) is 2.12. The molecular formula is C12H14BrN5OS. The van der Waals surface area contributed by atoms with Crippen molar-refractivity contribution in [3.05, 3.63) is 34.3 Å². The average molecular weight is 356 g/mol. The van der Waals surface area contributed by atoms with Gasteiger partial charge in [0.05, 0.1) is 11.8 Å². The number of nitrogens with zero attached hydrogens (tertiary/aromatic N) is 2. The molecular weight excluding hydrogens is 342 g/mol. The molecule has 2 aromatic rings. The molecule has 20 heavy (non-hydrogen) atoms. The van der Waals surface area contributed by atoms with Crippen LogP contribution >= 0.6 is 27.7 Å². The zero-order valence-corrected chi connectivity index (χ0v) is 13.2. The molecule has 0 aliphatic carbocycles. The molecule has 0 spiro atoms. The van der Waals surface area contributed by atoms with Crippen LogP contribution in [0.5, 0.6) is 0 Å². The van der Waals surface area contributed by atoms with E-state index in [4.69, 9.17) is 5.73 Å². The number of hydrogen-bond donors (Lipinski definition) is 3. The highest BCUT2D eigenvalue weighted by Crippen LogP contribution is 2.17. The molecule has 0 saturated carbocycles. The second kappa shape index (κ2) is 6.76. The molecule has 1 atom stereocenters. The van der Waals surface area contributed by atoms with Gasteiger partial charge in [-0.1, -0.05) is 39.8 Å². The Morgan fingerprint density at radius 2 is 2.20 bits per heavy atom. The summed E-state index contributed by atoms with van der Waals surface area (Å²) in [7, 11) is 0. The molecule has 0 unspecified atom stereocenters. The van der Waals surface area contributed by atoms with Gasteiger partial charge in [-0.05, 0) is 24.6 Å². The van der Waals surface area contributed by atoms with Crippen molar-refractivity contribution in [3.63, 3.8) is 0 Å². The zero-order valence-electron chi connectivity index (χ0n) is 10.8. The topological polar surface area (TPSA) is 96.7 Å². The monoisotopic (exact) mass is 355 g/mol. The number of anilines is 1. The van der Waals surface area contributed by atoms with Crippen molar-refractivity contribution in [2.24, 2.45) is 0 Å². The summed E-state index contributed by atoms with van der Waals surface area (Å²) >= 11 is 4.62. The molecule has 0 aliphatic rings. The fourth-order valence-corrected chi connectivity index (χ4v) is 2.45. The van der Waals surface area contributed by atoms with Crippen LogP contribution < -0.4 is 11.1 Å². The molecule has 0 saturated heterocycles. The number of nitrogens with one attached hydrogen (secondary N) is 2. The largest absolute Gasteiger partial charge is 0.368 e. The lowest BCUT2D eigenvalue weighted by atomic mass is 10.1. The number of thioether (sulfide) groups is 1. The normalized spacial score (nSPS) is 12.1. The molecule has 0 fully saturated rings. The number of benzene rings is 1. The summed E-state index contributed by atoms with van der Waals surface area (Å²) in [6, 6.07) is 7.79. The smallest absolute Gasteiger partial charge is 0.230 e. The van der Waals surface area contributed by atoms with Gasteiger partial charge in [-0.2, -0.15) is 4.98 Å². The first kappa shape index (κ1) is 14.9. The van der Waals surface area contributed by atoms with Crippen LogP contribution in [0.3, 0.4) is 0 Å². The highest BCUT2D eigenvalue weighted by Gasteiger charge is 2.11. The van der Waals surface area contributed by atoms with E-state index >= 15 is 0 Å². The number of hydrogen-bond acceptors (Lipinski definition) is 5. The Morgan fingerprint density at radius 3 is 2.80 bits per heavy atom. The Bertz CT molecular complexity index is 586. The van der Waals surface area contributed by atoms with Crippen LogP contribution in [-0.2, 0) is 4.79 Å². The van der Waals surface area contributed by atoms with Crippen LogP contribution in [0.25, 0.3) is 0 Å². The summed E-state index contributed by atoms with van der Waals surface area (Å²) < 4.78 is 1.01. The van der Waals surface area contributed by atoms with Crippen LogP contribution in [0.4, 0.5) is 5.95 Å². The highest BCUT2D eigenvalue weighted by atomic mass is 79.9. The van der Waals surface area contributed by atoms with E-state index in [0.29, 0.717) is 5.16 Å². The average Bonchev–Trinajstić information content (AvgIpc) is 2.83. The van der Waals surface area contributed by atoms with E-state index in [2.05, 4.69) is 36.4 Å². The minimum atomic E-state index is -0.0752. The Kier molecular flexibility index (Phi) is 5.02. The molecule has 106 valence electrons. The molecule has 6 nitrogen and oxygen atoms in total. The molecule has 0 bridgehead atoms. The lowest BCUT2D eigenvalue weighted by molar-refractivity contribution is -0.119. The highest BCUT2D eigenvalue weighted by molar-refractivity contribution is 9.10. The van der Waals surface area contributed by atoms with Gasteiger partial charge in [0.15, 0.2) is 0 Å². The second-order valence-corrected chi connectivity index (χ2v) is 5.99. The number of nitrogens with two attached hydrogens (primary N) is 1. The van der Waals surface area contributed by atoms with Crippen LogP contribution in [0, 0.1) is 0 Å². The Balaban J connectivity index is 1.83. The van der Waals surface area contributed by atoms with Crippen LogP contribution in [0.1, 0.15) is 18.5 Å². The van der Waals surface area contributed by atoms with Gasteiger partial charge >= 0.3 is 0 Å². The third-order valence-electron chi connectivity index (χ3n) is 2.56. The second-order valence-electron chi connectivity index (χ2n) is 4.13. The predicted molar refractivity (Wildman–Crippen MR) is 82.2 cm³/mol. The maximum atomic E-state index is 11.8. The van der Waals surface area contributed by atoms with E-state index in [-0.39, 0.29) is 23.7 Å². The van der Waals surface area contributed by atoms with Gasteiger partial charge in [-0.25, -0.2) is 5.10 Å². The van der Waals surface area contributed by atoms with Gasteiger partial charge in [-0.15, -0.1) is 5.10 Å². The third kappa shape index (κ3) is 4.24. The molecule has 1 amide bonds. The summed E-state index contributed by atoms with van der Waals surface area (Å²) in [5.41, 5.74) is 6.46. The first-order chi connectivity index (χ1) is 9.54. The van der Waals surface area contributed by atoms with E-state index < -0.39 is 0 Å². The van der Waals surface area contributed by atoms with Crippen LogP contribution in [0.2, 0.25) is 0 Å². The molecule has 0 radical (unpaired) electrons.